The van der Waals surface area contributed by atoms with Crippen molar-refractivity contribution in [1.29, 1.82) is 0 Å². The summed E-state index contributed by atoms with van der Waals surface area (Å²) >= 11 is 0. The quantitative estimate of drug-likeness (QED) is 0.912. The molecule has 0 spiro atoms. The molecule has 3 heteroatoms. The van der Waals surface area contributed by atoms with E-state index in [-0.39, 0.29) is 0 Å². The van der Waals surface area contributed by atoms with Crippen LogP contribution < -0.4 is 0 Å². The lowest BCUT2D eigenvalue weighted by Crippen LogP contribution is -2.41. The Balaban J connectivity index is 2.00. The van der Waals surface area contributed by atoms with E-state index in [0.29, 0.717) is 11.6 Å². The summed E-state index contributed by atoms with van der Waals surface area (Å²) in [5.41, 5.74) is 1.54. The molecule has 1 fully saturated rings. The zero-order valence-corrected chi connectivity index (χ0v) is 12.7. The second-order valence-electron chi connectivity index (χ2n) is 6.25. The summed E-state index contributed by atoms with van der Waals surface area (Å²) in [5, 5.41) is 8.91. The van der Waals surface area contributed by atoms with Crippen molar-refractivity contribution in [2.45, 2.75) is 45.7 Å². The highest BCUT2D eigenvalue weighted by molar-refractivity contribution is 5.87. The molecule has 3 nitrogen and oxygen atoms in total. The molecule has 1 aromatic rings. The van der Waals surface area contributed by atoms with Gasteiger partial charge in [0.05, 0.1) is 5.56 Å². The summed E-state index contributed by atoms with van der Waals surface area (Å²) in [7, 11) is 2.18. The highest BCUT2D eigenvalue weighted by Crippen LogP contribution is 2.32. The van der Waals surface area contributed by atoms with Crippen LogP contribution in [0.4, 0.5) is 0 Å². The van der Waals surface area contributed by atoms with Crippen LogP contribution >= 0.6 is 0 Å². The Morgan fingerprint density at radius 3 is 2.50 bits per heavy atom. The predicted molar refractivity (Wildman–Crippen MR) is 80.8 cm³/mol. The number of carbonyl (C=O) groups is 1. The third kappa shape index (κ3) is 3.40. The first-order valence-electron chi connectivity index (χ1n) is 7.51. The Morgan fingerprint density at radius 1 is 1.25 bits per heavy atom. The number of aromatic carboxylic acids is 1. The average Bonchev–Trinajstić information content (AvgIpc) is 2.42. The molecule has 20 heavy (non-hydrogen) atoms. The zero-order chi connectivity index (χ0) is 14.7. The molecule has 0 heterocycles. The van der Waals surface area contributed by atoms with Crippen molar-refractivity contribution in [3.63, 3.8) is 0 Å². The molecule has 1 aliphatic rings. The number of carboxylic acid groups (broad SMARTS) is 1. The molecular weight excluding hydrogens is 250 g/mol. The Morgan fingerprint density at radius 2 is 1.90 bits per heavy atom. The SMILES string of the molecule is CC1CCCC(N(C)Cc2ccc(C(=O)O)cc2)C1C. The van der Waals surface area contributed by atoms with Gasteiger partial charge in [0.1, 0.15) is 0 Å². The molecule has 3 unspecified atom stereocenters. The number of benzene rings is 1. The fourth-order valence-corrected chi connectivity index (χ4v) is 3.33. The first-order chi connectivity index (χ1) is 9.49. The van der Waals surface area contributed by atoms with Gasteiger partial charge >= 0.3 is 5.97 Å². The predicted octanol–water partition coefficient (Wildman–Crippen LogP) is 3.64. The standard InChI is InChI=1S/C17H25NO2/c1-12-5-4-6-16(13(12)2)18(3)11-14-7-9-15(10-8-14)17(19)20/h7-10,12-13,16H,4-6,11H2,1-3H3,(H,19,20). The summed E-state index contributed by atoms with van der Waals surface area (Å²) in [4.78, 5) is 13.3. The van der Waals surface area contributed by atoms with E-state index in [2.05, 4.69) is 25.8 Å². The van der Waals surface area contributed by atoms with E-state index >= 15 is 0 Å². The number of hydrogen-bond donors (Lipinski definition) is 1. The highest BCUT2D eigenvalue weighted by atomic mass is 16.4. The summed E-state index contributed by atoms with van der Waals surface area (Å²) in [5.74, 6) is 0.664. The van der Waals surface area contributed by atoms with Crippen molar-refractivity contribution in [3.05, 3.63) is 35.4 Å². The maximum atomic E-state index is 10.9. The molecule has 1 aromatic carbocycles. The first kappa shape index (κ1) is 15.0. The normalized spacial score (nSPS) is 26.7. The van der Waals surface area contributed by atoms with Crippen LogP contribution in [-0.4, -0.2) is 29.1 Å². The van der Waals surface area contributed by atoms with Crippen LogP contribution in [0.3, 0.4) is 0 Å². The molecule has 2 rings (SSSR count). The third-order valence-electron chi connectivity index (χ3n) is 4.86. The van der Waals surface area contributed by atoms with Crippen LogP contribution in [0.2, 0.25) is 0 Å². The fourth-order valence-electron chi connectivity index (χ4n) is 3.33. The van der Waals surface area contributed by atoms with Crippen molar-refractivity contribution in [2.24, 2.45) is 11.8 Å². The minimum absolute atomic E-state index is 0.357. The topological polar surface area (TPSA) is 40.5 Å². The number of hydrogen-bond acceptors (Lipinski definition) is 2. The number of rotatable bonds is 4. The van der Waals surface area contributed by atoms with Crippen molar-refractivity contribution in [3.8, 4) is 0 Å². The molecule has 0 amide bonds. The molecule has 0 aliphatic heterocycles. The van der Waals surface area contributed by atoms with Crippen LogP contribution in [0, 0.1) is 11.8 Å². The molecule has 1 saturated carbocycles. The van der Waals surface area contributed by atoms with Gasteiger partial charge < -0.3 is 5.11 Å². The number of nitrogens with zero attached hydrogens (tertiary/aromatic N) is 1. The van der Waals surface area contributed by atoms with E-state index in [1.54, 1.807) is 12.1 Å². The van der Waals surface area contributed by atoms with Crippen molar-refractivity contribution >= 4 is 5.97 Å². The van der Waals surface area contributed by atoms with E-state index in [0.717, 1.165) is 18.4 Å². The Kier molecular flexibility index (Phi) is 4.81. The first-order valence-corrected chi connectivity index (χ1v) is 7.51. The lowest BCUT2D eigenvalue weighted by Gasteiger charge is -2.40. The lowest BCUT2D eigenvalue weighted by molar-refractivity contribution is 0.0697. The van der Waals surface area contributed by atoms with Gasteiger partial charge in [-0.15, -0.1) is 0 Å². The second-order valence-corrected chi connectivity index (χ2v) is 6.25. The summed E-state index contributed by atoms with van der Waals surface area (Å²) < 4.78 is 0. The van der Waals surface area contributed by atoms with E-state index in [1.165, 1.54) is 24.8 Å². The van der Waals surface area contributed by atoms with Crippen LogP contribution in [0.15, 0.2) is 24.3 Å². The van der Waals surface area contributed by atoms with Crippen molar-refractivity contribution < 1.29 is 9.90 Å². The van der Waals surface area contributed by atoms with Crippen LogP contribution in [0.25, 0.3) is 0 Å². The maximum absolute atomic E-state index is 10.9. The van der Waals surface area contributed by atoms with E-state index in [1.807, 2.05) is 12.1 Å². The second kappa shape index (κ2) is 6.40. The number of carboxylic acids is 1. The van der Waals surface area contributed by atoms with Gasteiger partial charge in [-0.3, -0.25) is 4.90 Å². The van der Waals surface area contributed by atoms with Gasteiger partial charge in [-0.25, -0.2) is 4.79 Å². The van der Waals surface area contributed by atoms with Crippen LogP contribution in [-0.2, 0) is 6.54 Å². The molecule has 1 N–H and O–H groups in total. The Bertz CT molecular complexity index is 455. The van der Waals surface area contributed by atoms with E-state index in [9.17, 15) is 4.79 Å². The van der Waals surface area contributed by atoms with E-state index < -0.39 is 5.97 Å². The van der Waals surface area contributed by atoms with Gasteiger partial charge in [0.15, 0.2) is 0 Å². The minimum atomic E-state index is -0.861. The summed E-state index contributed by atoms with van der Waals surface area (Å²) in [6.45, 7) is 5.60. The highest BCUT2D eigenvalue weighted by Gasteiger charge is 2.29. The fraction of sp³-hybridized carbons (Fsp3) is 0.588. The summed E-state index contributed by atoms with van der Waals surface area (Å²) in [6.07, 6.45) is 3.94. The molecule has 3 atom stereocenters. The van der Waals surface area contributed by atoms with Crippen LogP contribution in [0.5, 0.6) is 0 Å². The molecule has 0 radical (unpaired) electrons. The van der Waals surface area contributed by atoms with Crippen molar-refractivity contribution in [1.82, 2.24) is 4.90 Å². The smallest absolute Gasteiger partial charge is 0.335 e. The largest absolute Gasteiger partial charge is 0.478 e. The van der Waals surface area contributed by atoms with E-state index in [4.69, 9.17) is 5.11 Å². The molecule has 0 saturated heterocycles. The van der Waals surface area contributed by atoms with Gasteiger partial charge in [-0.05, 0) is 43.0 Å². The minimum Gasteiger partial charge on any atom is -0.478 e. The molecule has 1 aliphatic carbocycles. The van der Waals surface area contributed by atoms with Gasteiger partial charge in [0, 0.05) is 12.6 Å². The Labute approximate surface area is 121 Å². The molecule has 0 bridgehead atoms. The molecule has 0 aromatic heterocycles. The van der Waals surface area contributed by atoms with Gasteiger partial charge in [0.2, 0.25) is 0 Å². The summed E-state index contributed by atoms with van der Waals surface area (Å²) in [6, 6.07) is 7.88. The monoisotopic (exact) mass is 275 g/mol. The average molecular weight is 275 g/mol. The van der Waals surface area contributed by atoms with Crippen LogP contribution in [0.1, 0.15) is 49.0 Å². The molecule has 110 valence electrons. The lowest BCUT2D eigenvalue weighted by atomic mass is 9.77. The maximum Gasteiger partial charge on any atom is 0.335 e. The molecular formula is C17H25NO2. The van der Waals surface area contributed by atoms with Gasteiger partial charge in [0.25, 0.3) is 0 Å². The van der Waals surface area contributed by atoms with Gasteiger partial charge in [-0.2, -0.15) is 0 Å². The van der Waals surface area contributed by atoms with Crippen molar-refractivity contribution in [2.75, 3.05) is 7.05 Å². The zero-order valence-electron chi connectivity index (χ0n) is 12.7. The third-order valence-corrected chi connectivity index (χ3v) is 4.86. The van der Waals surface area contributed by atoms with Gasteiger partial charge in [-0.1, -0.05) is 38.8 Å². The Hall–Kier alpha value is -1.35.